The number of piperazine rings is 1. The van der Waals surface area contributed by atoms with Gasteiger partial charge in [0.2, 0.25) is 11.8 Å². The van der Waals surface area contributed by atoms with Gasteiger partial charge in [0, 0.05) is 39.8 Å². The molecule has 2 heterocycles. The quantitative estimate of drug-likeness (QED) is 0.260. The lowest BCUT2D eigenvalue weighted by Crippen LogP contribution is -2.53. The van der Waals surface area contributed by atoms with Gasteiger partial charge in [-0.25, -0.2) is 4.98 Å². The molecule has 9 heteroatoms. The Balaban J connectivity index is 0.00000243. The van der Waals surface area contributed by atoms with Crippen LogP contribution in [0.5, 0.6) is 5.88 Å². The number of aromatic nitrogens is 2. The number of nitrogens with one attached hydrogen (secondary N) is 1. The SMILES string of the molecule is CN=C(NCCCC1CC1)N1CCN(c2ncc(Br)c(OC)n2)CC1.I. The molecule has 1 aliphatic carbocycles. The van der Waals surface area contributed by atoms with Gasteiger partial charge in [0.05, 0.1) is 17.8 Å². The molecular weight excluding hydrogens is 511 g/mol. The van der Waals surface area contributed by atoms with Gasteiger partial charge in [0.1, 0.15) is 0 Å². The van der Waals surface area contributed by atoms with Gasteiger partial charge < -0.3 is 19.9 Å². The summed E-state index contributed by atoms with van der Waals surface area (Å²) in [5.74, 6) is 3.28. The van der Waals surface area contributed by atoms with Crippen molar-refractivity contribution >= 4 is 51.8 Å². The van der Waals surface area contributed by atoms with Gasteiger partial charge in [0.15, 0.2) is 5.96 Å². The second-order valence-corrected chi connectivity index (χ2v) is 7.42. The van der Waals surface area contributed by atoms with E-state index >= 15 is 0 Å². The fraction of sp³-hybridized carbons (Fsp3) is 0.706. The van der Waals surface area contributed by atoms with Crippen LogP contribution in [0.1, 0.15) is 25.7 Å². The summed E-state index contributed by atoms with van der Waals surface area (Å²) in [5, 5.41) is 3.50. The Hall–Kier alpha value is -0.840. The van der Waals surface area contributed by atoms with Crippen LogP contribution in [0.2, 0.25) is 0 Å². The minimum Gasteiger partial charge on any atom is -0.480 e. The highest BCUT2D eigenvalue weighted by Gasteiger charge is 2.23. The maximum atomic E-state index is 5.27. The van der Waals surface area contributed by atoms with Crippen molar-refractivity contribution in [2.75, 3.05) is 51.8 Å². The zero-order chi connectivity index (χ0) is 17.6. The molecule has 2 fully saturated rings. The molecule has 1 aromatic rings. The topological polar surface area (TPSA) is 65.9 Å². The lowest BCUT2D eigenvalue weighted by atomic mass is 10.2. The number of methoxy groups -OCH3 is 1. The molecule has 146 valence electrons. The first-order valence-corrected chi connectivity index (χ1v) is 9.77. The normalized spacial score (nSPS) is 17.7. The lowest BCUT2D eigenvalue weighted by Gasteiger charge is -2.36. The Labute approximate surface area is 181 Å². The summed E-state index contributed by atoms with van der Waals surface area (Å²) in [6.07, 6.45) is 7.18. The molecule has 0 amide bonds. The Kier molecular flexibility index (Phi) is 8.65. The summed E-state index contributed by atoms with van der Waals surface area (Å²) < 4.78 is 6.04. The van der Waals surface area contributed by atoms with Gasteiger partial charge in [-0.05, 0) is 34.7 Å². The third-order valence-corrected chi connectivity index (χ3v) is 5.28. The van der Waals surface area contributed by atoms with Gasteiger partial charge in [-0.1, -0.05) is 12.8 Å². The van der Waals surface area contributed by atoms with E-state index in [1.807, 2.05) is 7.05 Å². The van der Waals surface area contributed by atoms with Gasteiger partial charge in [0.25, 0.3) is 0 Å². The number of anilines is 1. The third-order valence-electron chi connectivity index (χ3n) is 4.74. The van der Waals surface area contributed by atoms with Crippen molar-refractivity contribution in [3.8, 4) is 5.88 Å². The smallest absolute Gasteiger partial charge is 0.232 e. The number of halogens is 2. The van der Waals surface area contributed by atoms with E-state index in [4.69, 9.17) is 4.74 Å². The van der Waals surface area contributed by atoms with Crippen molar-refractivity contribution in [1.82, 2.24) is 20.2 Å². The molecule has 0 radical (unpaired) electrons. The van der Waals surface area contributed by atoms with Gasteiger partial charge in [-0.15, -0.1) is 24.0 Å². The van der Waals surface area contributed by atoms with Crippen LogP contribution < -0.4 is 15.0 Å². The van der Waals surface area contributed by atoms with Crippen LogP contribution in [-0.2, 0) is 0 Å². The highest BCUT2D eigenvalue weighted by atomic mass is 127. The number of hydrogen-bond donors (Lipinski definition) is 1. The van der Waals surface area contributed by atoms with Crippen LogP contribution in [0.3, 0.4) is 0 Å². The highest BCUT2D eigenvalue weighted by molar-refractivity contribution is 14.0. The Bertz CT molecular complexity index is 605. The van der Waals surface area contributed by atoms with Crippen LogP contribution in [0, 0.1) is 5.92 Å². The van der Waals surface area contributed by atoms with Crippen LogP contribution in [0.15, 0.2) is 15.7 Å². The summed E-state index contributed by atoms with van der Waals surface area (Å²) in [6.45, 7) is 4.56. The average Bonchev–Trinajstić information content (AvgIpc) is 3.47. The van der Waals surface area contributed by atoms with E-state index in [1.165, 1.54) is 25.7 Å². The number of aliphatic imine (C=N–C) groups is 1. The van der Waals surface area contributed by atoms with Gasteiger partial charge >= 0.3 is 0 Å². The first-order valence-electron chi connectivity index (χ1n) is 8.98. The number of guanidine groups is 1. The molecule has 1 saturated carbocycles. The van der Waals surface area contributed by atoms with Crippen LogP contribution in [-0.4, -0.2) is 67.7 Å². The Morgan fingerprint density at radius 3 is 2.69 bits per heavy atom. The highest BCUT2D eigenvalue weighted by Crippen LogP contribution is 2.33. The monoisotopic (exact) mass is 538 g/mol. The van der Waals surface area contributed by atoms with Gasteiger partial charge in [-0.2, -0.15) is 4.98 Å². The van der Waals surface area contributed by atoms with E-state index in [0.29, 0.717) is 11.8 Å². The minimum absolute atomic E-state index is 0. The second-order valence-electron chi connectivity index (χ2n) is 6.56. The molecule has 2 aliphatic rings. The molecule has 1 saturated heterocycles. The van der Waals surface area contributed by atoms with E-state index < -0.39 is 0 Å². The van der Waals surface area contributed by atoms with E-state index in [-0.39, 0.29) is 24.0 Å². The second kappa shape index (κ2) is 10.5. The first kappa shape index (κ1) is 21.5. The van der Waals surface area contributed by atoms with Gasteiger partial charge in [-0.3, -0.25) is 4.99 Å². The first-order chi connectivity index (χ1) is 12.2. The summed E-state index contributed by atoms with van der Waals surface area (Å²) in [7, 11) is 3.48. The fourth-order valence-corrected chi connectivity index (χ4v) is 3.44. The molecular formula is C17H28BrIN6O. The summed E-state index contributed by atoms with van der Waals surface area (Å²) in [4.78, 5) is 17.8. The Morgan fingerprint density at radius 1 is 1.35 bits per heavy atom. The van der Waals surface area contributed by atoms with Crippen LogP contribution >= 0.6 is 39.9 Å². The van der Waals surface area contributed by atoms with Crippen LogP contribution in [0.4, 0.5) is 5.95 Å². The molecule has 1 aliphatic heterocycles. The Morgan fingerprint density at radius 2 is 2.08 bits per heavy atom. The van der Waals surface area contributed by atoms with Crippen molar-refractivity contribution in [1.29, 1.82) is 0 Å². The van der Waals surface area contributed by atoms with Crippen molar-refractivity contribution in [3.63, 3.8) is 0 Å². The molecule has 0 aromatic carbocycles. The van der Waals surface area contributed by atoms with Crippen LogP contribution in [0.25, 0.3) is 0 Å². The van der Waals surface area contributed by atoms with Crippen molar-refractivity contribution < 1.29 is 4.74 Å². The number of rotatable bonds is 6. The number of ether oxygens (including phenoxy) is 1. The fourth-order valence-electron chi connectivity index (χ4n) is 3.09. The van der Waals surface area contributed by atoms with E-state index in [1.54, 1.807) is 13.3 Å². The zero-order valence-corrected chi connectivity index (χ0v) is 19.4. The molecule has 0 spiro atoms. The molecule has 26 heavy (non-hydrogen) atoms. The molecule has 0 atom stereocenters. The average molecular weight is 539 g/mol. The predicted octanol–water partition coefficient (Wildman–Crippen LogP) is 2.75. The van der Waals surface area contributed by atoms with Crippen molar-refractivity contribution in [2.24, 2.45) is 10.9 Å². The minimum atomic E-state index is 0. The maximum Gasteiger partial charge on any atom is 0.232 e. The van der Waals surface area contributed by atoms with Crippen molar-refractivity contribution in [3.05, 3.63) is 10.7 Å². The zero-order valence-electron chi connectivity index (χ0n) is 15.4. The molecule has 0 bridgehead atoms. The molecule has 1 N–H and O–H groups in total. The standard InChI is InChI=1S/C17H27BrN6O.HI/c1-19-16(20-7-3-4-13-5-6-13)23-8-10-24(11-9-23)17-21-12-14(18)15(22-17)25-2;/h12-13H,3-11H2,1-2H3,(H,19,20);1H. The van der Waals surface area contributed by atoms with E-state index in [9.17, 15) is 0 Å². The molecule has 3 rings (SSSR count). The summed E-state index contributed by atoms with van der Waals surface area (Å²) >= 11 is 3.39. The van der Waals surface area contributed by atoms with E-state index in [2.05, 4.69) is 46.0 Å². The van der Waals surface area contributed by atoms with E-state index in [0.717, 1.165) is 49.1 Å². The molecule has 7 nitrogen and oxygen atoms in total. The largest absolute Gasteiger partial charge is 0.480 e. The molecule has 1 aromatic heterocycles. The summed E-state index contributed by atoms with van der Waals surface area (Å²) in [6, 6.07) is 0. The van der Waals surface area contributed by atoms with Crippen molar-refractivity contribution in [2.45, 2.75) is 25.7 Å². The third kappa shape index (κ3) is 5.83. The lowest BCUT2D eigenvalue weighted by molar-refractivity contribution is 0.365. The summed E-state index contributed by atoms with van der Waals surface area (Å²) in [5.41, 5.74) is 0. The number of hydrogen-bond acceptors (Lipinski definition) is 5. The molecule has 0 unspecified atom stereocenters. The predicted molar refractivity (Wildman–Crippen MR) is 119 cm³/mol. The maximum absolute atomic E-state index is 5.27. The number of nitrogens with zero attached hydrogens (tertiary/aromatic N) is 5.